The fraction of sp³-hybridized carbons (Fsp3) is 0.526. The summed E-state index contributed by atoms with van der Waals surface area (Å²) in [6.07, 6.45) is 2.40. The van der Waals surface area contributed by atoms with Gasteiger partial charge in [0.05, 0.1) is 22.3 Å². The highest BCUT2D eigenvalue weighted by atomic mass is 16.7. The van der Waals surface area contributed by atoms with Gasteiger partial charge < -0.3 is 9.57 Å². The standard InChI is InChI=1S/C19H25N5O4/c1-13(25)27-16-10-18(2,3)24(19(4,5)11-16)28-17(26)14-6-8-15(9-7-14)23-12-20-21-22-23/h6-9,12,16H,10-11H2,1-5H3. The van der Waals surface area contributed by atoms with Gasteiger partial charge in [0.15, 0.2) is 0 Å². The number of tetrazole rings is 1. The van der Waals surface area contributed by atoms with Crippen LogP contribution in [0.4, 0.5) is 0 Å². The summed E-state index contributed by atoms with van der Waals surface area (Å²) in [7, 11) is 0. The van der Waals surface area contributed by atoms with Crippen LogP contribution in [0.1, 0.15) is 57.8 Å². The number of nitrogens with zero attached hydrogens (tertiary/aromatic N) is 5. The van der Waals surface area contributed by atoms with Crippen LogP contribution < -0.4 is 0 Å². The van der Waals surface area contributed by atoms with Crippen molar-refractivity contribution in [3.05, 3.63) is 36.2 Å². The summed E-state index contributed by atoms with van der Waals surface area (Å²) in [6.45, 7) is 9.29. The second-order valence-corrected chi connectivity index (χ2v) is 8.24. The minimum absolute atomic E-state index is 0.215. The van der Waals surface area contributed by atoms with Crippen LogP contribution in [0.25, 0.3) is 5.69 Å². The molecular weight excluding hydrogens is 362 g/mol. The Morgan fingerprint density at radius 3 is 2.18 bits per heavy atom. The van der Waals surface area contributed by atoms with E-state index in [9.17, 15) is 9.59 Å². The Morgan fingerprint density at radius 2 is 1.68 bits per heavy atom. The van der Waals surface area contributed by atoms with Crippen molar-refractivity contribution in [2.45, 2.75) is 64.6 Å². The van der Waals surface area contributed by atoms with Crippen molar-refractivity contribution in [1.29, 1.82) is 0 Å². The summed E-state index contributed by atoms with van der Waals surface area (Å²) in [4.78, 5) is 29.9. The van der Waals surface area contributed by atoms with Gasteiger partial charge in [-0.2, -0.15) is 0 Å². The molecule has 150 valence electrons. The molecule has 2 heterocycles. The first-order valence-corrected chi connectivity index (χ1v) is 9.12. The van der Waals surface area contributed by atoms with E-state index in [2.05, 4.69) is 15.5 Å². The molecule has 2 aromatic rings. The number of carbonyl (C=O) groups is 2. The van der Waals surface area contributed by atoms with E-state index in [0.29, 0.717) is 18.4 Å². The molecule has 1 saturated heterocycles. The third kappa shape index (κ3) is 4.19. The molecule has 0 amide bonds. The zero-order valence-electron chi connectivity index (χ0n) is 16.7. The molecule has 0 spiro atoms. The van der Waals surface area contributed by atoms with Crippen LogP contribution in [0, 0.1) is 0 Å². The van der Waals surface area contributed by atoms with Crippen molar-refractivity contribution in [2.24, 2.45) is 0 Å². The molecule has 0 bridgehead atoms. The van der Waals surface area contributed by atoms with Crippen LogP contribution in [-0.4, -0.2) is 54.4 Å². The van der Waals surface area contributed by atoms with Crippen LogP contribution in [0.3, 0.4) is 0 Å². The quantitative estimate of drug-likeness (QED) is 0.737. The highest BCUT2D eigenvalue weighted by Crippen LogP contribution is 2.40. The van der Waals surface area contributed by atoms with Crippen molar-refractivity contribution >= 4 is 11.9 Å². The molecule has 0 radical (unpaired) electrons. The van der Waals surface area contributed by atoms with Crippen LogP contribution >= 0.6 is 0 Å². The van der Waals surface area contributed by atoms with Gasteiger partial charge in [0.2, 0.25) is 0 Å². The van der Waals surface area contributed by atoms with Gasteiger partial charge in [0, 0.05) is 19.8 Å². The van der Waals surface area contributed by atoms with Gasteiger partial charge in [-0.1, -0.05) is 0 Å². The number of piperidine rings is 1. The van der Waals surface area contributed by atoms with Gasteiger partial charge in [-0.3, -0.25) is 4.79 Å². The topological polar surface area (TPSA) is 99.4 Å². The Kier molecular flexibility index (Phi) is 5.20. The highest BCUT2D eigenvalue weighted by molar-refractivity contribution is 5.89. The first kappa shape index (κ1) is 19.9. The lowest BCUT2D eigenvalue weighted by Gasteiger charge is -2.52. The van der Waals surface area contributed by atoms with E-state index >= 15 is 0 Å². The summed E-state index contributed by atoms with van der Waals surface area (Å²) in [5.74, 6) is -0.750. The van der Waals surface area contributed by atoms with Gasteiger partial charge in [-0.15, -0.1) is 10.2 Å². The number of hydrogen-bond donors (Lipinski definition) is 0. The molecule has 0 atom stereocenters. The van der Waals surface area contributed by atoms with Gasteiger partial charge in [0.25, 0.3) is 0 Å². The maximum absolute atomic E-state index is 12.7. The number of hydrogen-bond acceptors (Lipinski definition) is 8. The lowest BCUT2D eigenvalue weighted by molar-refractivity contribution is -0.257. The largest absolute Gasteiger partial charge is 0.462 e. The lowest BCUT2D eigenvalue weighted by atomic mass is 9.80. The second kappa shape index (κ2) is 7.31. The Morgan fingerprint density at radius 1 is 1.07 bits per heavy atom. The van der Waals surface area contributed by atoms with E-state index in [1.54, 1.807) is 29.3 Å². The van der Waals surface area contributed by atoms with E-state index in [0.717, 1.165) is 5.69 Å². The molecule has 0 unspecified atom stereocenters. The fourth-order valence-corrected chi connectivity index (χ4v) is 3.90. The molecule has 9 heteroatoms. The first-order valence-electron chi connectivity index (χ1n) is 9.12. The monoisotopic (exact) mass is 387 g/mol. The molecule has 1 aliphatic rings. The van der Waals surface area contributed by atoms with Gasteiger partial charge in [0.1, 0.15) is 12.4 Å². The SMILES string of the molecule is CC(=O)OC1CC(C)(C)N(OC(=O)c2ccc(-n3cnnn3)cc2)C(C)(C)C1. The number of ether oxygens (including phenoxy) is 1. The van der Waals surface area contributed by atoms with Crippen LogP contribution in [0.5, 0.6) is 0 Å². The van der Waals surface area contributed by atoms with Crippen molar-refractivity contribution in [3.8, 4) is 5.69 Å². The Labute approximate surface area is 163 Å². The highest BCUT2D eigenvalue weighted by Gasteiger charge is 2.49. The van der Waals surface area contributed by atoms with Crippen LogP contribution in [0.15, 0.2) is 30.6 Å². The summed E-state index contributed by atoms with van der Waals surface area (Å²) in [5, 5.41) is 12.7. The zero-order valence-corrected chi connectivity index (χ0v) is 16.7. The summed E-state index contributed by atoms with van der Waals surface area (Å²) >= 11 is 0. The van der Waals surface area contributed by atoms with E-state index in [1.165, 1.54) is 17.9 Å². The molecule has 0 N–H and O–H groups in total. The summed E-state index contributed by atoms with van der Waals surface area (Å²) in [5.41, 5.74) is 0.170. The van der Waals surface area contributed by atoms with Crippen molar-refractivity contribution in [2.75, 3.05) is 0 Å². The van der Waals surface area contributed by atoms with Gasteiger partial charge in [-0.25, -0.2) is 9.48 Å². The zero-order chi connectivity index (χ0) is 20.5. The average molecular weight is 387 g/mol. The minimum atomic E-state index is -0.496. The number of rotatable bonds is 4. The molecule has 1 aromatic heterocycles. The van der Waals surface area contributed by atoms with E-state index < -0.39 is 17.0 Å². The van der Waals surface area contributed by atoms with E-state index in [1.807, 2.05) is 27.7 Å². The number of carbonyl (C=O) groups excluding carboxylic acids is 2. The average Bonchev–Trinajstić information content (AvgIpc) is 3.11. The summed E-state index contributed by atoms with van der Waals surface area (Å²) < 4.78 is 6.93. The lowest BCUT2D eigenvalue weighted by Crippen LogP contribution is -2.62. The number of benzene rings is 1. The Balaban J connectivity index is 1.74. The maximum atomic E-state index is 12.7. The molecule has 28 heavy (non-hydrogen) atoms. The predicted molar refractivity (Wildman–Crippen MR) is 99.4 cm³/mol. The molecule has 0 saturated carbocycles. The number of hydroxylamine groups is 2. The first-order chi connectivity index (χ1) is 13.1. The van der Waals surface area contributed by atoms with Gasteiger partial charge in [-0.05, 0) is 62.4 Å². The minimum Gasteiger partial charge on any atom is -0.462 e. The smallest absolute Gasteiger partial charge is 0.357 e. The Hall–Kier alpha value is -2.81. The summed E-state index contributed by atoms with van der Waals surface area (Å²) in [6, 6.07) is 6.84. The molecular formula is C19H25N5O4. The number of esters is 1. The predicted octanol–water partition coefficient (Wildman–Crippen LogP) is 2.32. The van der Waals surface area contributed by atoms with Crippen molar-refractivity contribution in [1.82, 2.24) is 25.3 Å². The molecule has 3 rings (SSSR count). The van der Waals surface area contributed by atoms with Crippen LogP contribution in [0.2, 0.25) is 0 Å². The normalized spacial score (nSPS) is 19.2. The molecule has 0 aliphatic carbocycles. The van der Waals surface area contributed by atoms with Crippen molar-refractivity contribution in [3.63, 3.8) is 0 Å². The molecule has 1 aliphatic heterocycles. The third-order valence-electron chi connectivity index (χ3n) is 4.78. The second-order valence-electron chi connectivity index (χ2n) is 8.24. The third-order valence-corrected chi connectivity index (χ3v) is 4.78. The van der Waals surface area contributed by atoms with Gasteiger partial charge >= 0.3 is 11.9 Å². The molecule has 1 aromatic carbocycles. The molecule has 1 fully saturated rings. The van der Waals surface area contributed by atoms with E-state index in [-0.39, 0.29) is 12.1 Å². The van der Waals surface area contributed by atoms with E-state index in [4.69, 9.17) is 9.57 Å². The van der Waals surface area contributed by atoms with Crippen molar-refractivity contribution < 1.29 is 19.2 Å². The maximum Gasteiger partial charge on any atom is 0.357 e. The van der Waals surface area contributed by atoms with Crippen LogP contribution in [-0.2, 0) is 14.4 Å². The fourth-order valence-electron chi connectivity index (χ4n) is 3.90. The molecule has 9 nitrogen and oxygen atoms in total. The Bertz CT molecular complexity index is 828. The number of aromatic nitrogens is 4.